The topological polar surface area (TPSA) is 131 Å². The Kier molecular flexibility index (Phi) is 7.80. The van der Waals surface area contributed by atoms with Gasteiger partial charge in [0.25, 0.3) is 5.69 Å². The number of ether oxygens (including phenoxy) is 1. The van der Waals surface area contributed by atoms with Gasteiger partial charge in [0, 0.05) is 25.1 Å². The van der Waals surface area contributed by atoms with E-state index in [1.54, 1.807) is 0 Å². The molecule has 2 atom stereocenters. The molecule has 138 valence electrons. The predicted octanol–water partition coefficient (Wildman–Crippen LogP) is 2.02. The van der Waals surface area contributed by atoms with Crippen molar-refractivity contribution in [1.29, 1.82) is 0 Å². The van der Waals surface area contributed by atoms with Crippen LogP contribution in [0.15, 0.2) is 18.2 Å². The molecule has 0 aromatic heterocycles. The molecule has 0 saturated carbocycles. The molecule has 0 spiro atoms. The van der Waals surface area contributed by atoms with Gasteiger partial charge in [0.2, 0.25) is 5.91 Å². The highest BCUT2D eigenvalue weighted by molar-refractivity contribution is 5.92. The summed E-state index contributed by atoms with van der Waals surface area (Å²) in [6.45, 7) is 3.88. The number of rotatable bonds is 10. The molecule has 1 amide bonds. The molecule has 1 aromatic rings. The number of benzene rings is 1. The number of carboxylic acids is 1. The summed E-state index contributed by atoms with van der Waals surface area (Å²) in [5.41, 5.74) is 0.0235. The van der Waals surface area contributed by atoms with E-state index in [2.05, 4.69) is 10.6 Å². The van der Waals surface area contributed by atoms with E-state index in [-0.39, 0.29) is 30.3 Å². The number of carbonyl (C=O) groups excluding carboxylic acids is 1. The lowest BCUT2D eigenvalue weighted by atomic mass is 9.99. The fourth-order valence-corrected chi connectivity index (χ4v) is 2.23. The molecule has 0 bridgehead atoms. The maximum atomic E-state index is 12.0. The molecular formula is C16H23N3O6. The van der Waals surface area contributed by atoms with Crippen LogP contribution >= 0.6 is 0 Å². The summed E-state index contributed by atoms with van der Waals surface area (Å²) < 4.78 is 5.07. The minimum atomic E-state index is -0.963. The van der Waals surface area contributed by atoms with Crippen LogP contribution in [0.3, 0.4) is 0 Å². The SMILES string of the molecule is CC[C@H](C)[C@H](NCCC(=O)Nc1cc([N+](=O)[O-])ccc1OC)C(=O)O. The average molecular weight is 353 g/mol. The predicted molar refractivity (Wildman–Crippen MR) is 91.8 cm³/mol. The third kappa shape index (κ3) is 6.03. The number of nitrogens with one attached hydrogen (secondary N) is 2. The fraction of sp³-hybridized carbons (Fsp3) is 0.500. The molecule has 1 rings (SSSR count). The first-order chi connectivity index (χ1) is 11.8. The summed E-state index contributed by atoms with van der Waals surface area (Å²) in [5.74, 6) is -1.14. The van der Waals surface area contributed by atoms with Crippen LogP contribution in [-0.2, 0) is 9.59 Å². The first kappa shape index (κ1) is 20.4. The first-order valence-corrected chi connectivity index (χ1v) is 7.88. The fourth-order valence-electron chi connectivity index (χ4n) is 2.23. The van der Waals surface area contributed by atoms with Crippen LogP contribution in [0.2, 0.25) is 0 Å². The van der Waals surface area contributed by atoms with Gasteiger partial charge in [-0.05, 0) is 12.0 Å². The molecule has 0 heterocycles. The zero-order chi connectivity index (χ0) is 19.0. The van der Waals surface area contributed by atoms with Crippen molar-refractivity contribution in [3.63, 3.8) is 0 Å². The zero-order valence-corrected chi connectivity index (χ0v) is 14.4. The lowest BCUT2D eigenvalue weighted by molar-refractivity contribution is -0.384. The Morgan fingerprint density at radius 1 is 1.40 bits per heavy atom. The summed E-state index contributed by atoms with van der Waals surface area (Å²) in [5, 5.41) is 25.4. The number of nitro groups is 1. The van der Waals surface area contributed by atoms with Gasteiger partial charge in [0.1, 0.15) is 11.8 Å². The van der Waals surface area contributed by atoms with Gasteiger partial charge >= 0.3 is 5.97 Å². The Hall–Kier alpha value is -2.68. The van der Waals surface area contributed by atoms with E-state index < -0.39 is 22.8 Å². The molecule has 0 radical (unpaired) electrons. The number of nitro benzene ring substituents is 1. The van der Waals surface area contributed by atoms with Gasteiger partial charge in [-0.3, -0.25) is 19.7 Å². The number of nitrogens with zero attached hydrogens (tertiary/aromatic N) is 1. The summed E-state index contributed by atoms with van der Waals surface area (Å²) >= 11 is 0. The molecule has 9 nitrogen and oxygen atoms in total. The van der Waals surface area contributed by atoms with Crippen molar-refractivity contribution in [3.8, 4) is 5.75 Å². The maximum absolute atomic E-state index is 12.0. The van der Waals surface area contributed by atoms with Crippen LogP contribution in [0, 0.1) is 16.0 Å². The Morgan fingerprint density at radius 3 is 2.60 bits per heavy atom. The number of anilines is 1. The van der Waals surface area contributed by atoms with Crippen LogP contribution in [0.1, 0.15) is 26.7 Å². The average Bonchev–Trinajstić information content (AvgIpc) is 2.57. The lowest BCUT2D eigenvalue weighted by Crippen LogP contribution is -2.42. The highest BCUT2D eigenvalue weighted by Crippen LogP contribution is 2.28. The standard InChI is InChI=1S/C16H23N3O6/c1-4-10(2)15(16(21)22)17-8-7-14(20)18-12-9-11(19(23)24)5-6-13(12)25-3/h5-6,9-10,15,17H,4,7-8H2,1-3H3,(H,18,20)(H,21,22)/t10-,15-/m0/s1. The van der Waals surface area contributed by atoms with Crippen LogP contribution < -0.4 is 15.4 Å². The van der Waals surface area contributed by atoms with E-state index in [4.69, 9.17) is 4.74 Å². The van der Waals surface area contributed by atoms with E-state index in [0.29, 0.717) is 12.2 Å². The number of non-ortho nitro benzene ring substituents is 1. The molecule has 0 fully saturated rings. The van der Waals surface area contributed by atoms with Gasteiger partial charge in [0.05, 0.1) is 17.7 Å². The monoisotopic (exact) mass is 353 g/mol. The third-order valence-corrected chi connectivity index (χ3v) is 3.86. The van der Waals surface area contributed by atoms with Crippen molar-refractivity contribution in [2.75, 3.05) is 19.0 Å². The normalized spacial score (nSPS) is 12.9. The summed E-state index contributed by atoms with van der Waals surface area (Å²) in [6.07, 6.45) is 0.715. The van der Waals surface area contributed by atoms with E-state index in [1.807, 2.05) is 13.8 Å². The largest absolute Gasteiger partial charge is 0.495 e. The minimum absolute atomic E-state index is 0.0199. The van der Waals surface area contributed by atoms with Crippen molar-refractivity contribution in [3.05, 3.63) is 28.3 Å². The molecule has 25 heavy (non-hydrogen) atoms. The molecule has 0 aliphatic rings. The van der Waals surface area contributed by atoms with Crippen LogP contribution in [0.25, 0.3) is 0 Å². The number of hydrogen-bond acceptors (Lipinski definition) is 6. The minimum Gasteiger partial charge on any atom is -0.495 e. The van der Waals surface area contributed by atoms with Gasteiger partial charge in [-0.15, -0.1) is 0 Å². The highest BCUT2D eigenvalue weighted by atomic mass is 16.6. The van der Waals surface area contributed by atoms with E-state index >= 15 is 0 Å². The molecule has 0 unspecified atom stereocenters. The maximum Gasteiger partial charge on any atom is 0.320 e. The summed E-state index contributed by atoms with van der Waals surface area (Å²) in [4.78, 5) is 33.5. The van der Waals surface area contributed by atoms with Crippen molar-refractivity contribution in [2.45, 2.75) is 32.7 Å². The summed E-state index contributed by atoms with van der Waals surface area (Å²) in [7, 11) is 1.39. The van der Waals surface area contributed by atoms with Gasteiger partial charge in [-0.25, -0.2) is 0 Å². The number of methoxy groups -OCH3 is 1. The van der Waals surface area contributed by atoms with Gasteiger partial charge in [-0.2, -0.15) is 0 Å². The zero-order valence-electron chi connectivity index (χ0n) is 14.4. The second kappa shape index (κ2) is 9.58. The molecule has 0 aliphatic heterocycles. The smallest absolute Gasteiger partial charge is 0.320 e. The van der Waals surface area contributed by atoms with Gasteiger partial charge in [0.15, 0.2) is 0 Å². The quantitative estimate of drug-likeness (QED) is 0.433. The Morgan fingerprint density at radius 2 is 2.08 bits per heavy atom. The first-order valence-electron chi connectivity index (χ1n) is 7.88. The van der Waals surface area contributed by atoms with Crippen molar-refractivity contribution in [1.82, 2.24) is 5.32 Å². The molecule has 9 heteroatoms. The van der Waals surface area contributed by atoms with Crippen molar-refractivity contribution >= 4 is 23.3 Å². The number of carboxylic acid groups (broad SMARTS) is 1. The molecular weight excluding hydrogens is 330 g/mol. The van der Waals surface area contributed by atoms with Crippen LogP contribution in [0.5, 0.6) is 5.75 Å². The lowest BCUT2D eigenvalue weighted by Gasteiger charge is -2.20. The van der Waals surface area contributed by atoms with Crippen LogP contribution in [-0.4, -0.2) is 41.6 Å². The molecule has 0 saturated heterocycles. The second-order valence-electron chi connectivity index (χ2n) is 5.60. The number of carbonyl (C=O) groups is 2. The van der Waals surface area contributed by atoms with Crippen molar-refractivity contribution < 1.29 is 24.4 Å². The number of amides is 1. The number of aliphatic carboxylic acids is 1. The Bertz CT molecular complexity index is 634. The molecule has 1 aromatic carbocycles. The number of hydrogen-bond donors (Lipinski definition) is 3. The van der Waals surface area contributed by atoms with E-state index in [1.165, 1.54) is 25.3 Å². The highest BCUT2D eigenvalue weighted by Gasteiger charge is 2.22. The summed E-state index contributed by atoms with van der Waals surface area (Å²) in [6, 6.07) is 3.16. The van der Waals surface area contributed by atoms with E-state index in [9.17, 15) is 24.8 Å². The second-order valence-corrected chi connectivity index (χ2v) is 5.60. The Balaban J connectivity index is 2.66. The van der Waals surface area contributed by atoms with E-state index in [0.717, 1.165) is 0 Å². The third-order valence-electron chi connectivity index (χ3n) is 3.86. The molecule has 0 aliphatic carbocycles. The van der Waals surface area contributed by atoms with Gasteiger partial charge in [-0.1, -0.05) is 20.3 Å². The van der Waals surface area contributed by atoms with Crippen molar-refractivity contribution in [2.24, 2.45) is 5.92 Å². The van der Waals surface area contributed by atoms with Gasteiger partial charge < -0.3 is 20.5 Å². The molecule has 3 N–H and O–H groups in total. The Labute approximate surface area is 145 Å². The van der Waals surface area contributed by atoms with Crippen LogP contribution in [0.4, 0.5) is 11.4 Å².